The van der Waals surface area contributed by atoms with Crippen molar-refractivity contribution in [2.24, 2.45) is 0 Å². The smallest absolute Gasteiger partial charge is 0.130 e. The lowest BCUT2D eigenvalue weighted by Crippen LogP contribution is -2.47. The quantitative estimate of drug-likeness (QED) is 0.629. The van der Waals surface area contributed by atoms with Gasteiger partial charge in [0, 0.05) is 24.0 Å². The van der Waals surface area contributed by atoms with Crippen molar-refractivity contribution < 1.29 is 24.8 Å². The number of fused-ring (bicyclic) bond motifs is 1. The van der Waals surface area contributed by atoms with Gasteiger partial charge in [0.2, 0.25) is 0 Å². The number of hydrogen-bond donors (Lipinski definition) is 3. The number of rotatable bonds is 6. The summed E-state index contributed by atoms with van der Waals surface area (Å²) in [4.78, 5) is 0. The average molecular weight is 447 g/mol. The maximum absolute atomic E-state index is 10.3. The van der Waals surface area contributed by atoms with E-state index in [0.29, 0.717) is 18.6 Å². The first kappa shape index (κ1) is 22.6. The minimum Gasteiger partial charge on any atom is -0.490 e. The SMILES string of the molecule is CCCc1ccc(Cc2cc(C3CC(O)[C@H](O)C(CO)O3)c3c(c2Cl)CC(C)O3)cc1. The Kier molecular flexibility index (Phi) is 6.89. The second kappa shape index (κ2) is 9.47. The highest BCUT2D eigenvalue weighted by Gasteiger charge is 2.40. The molecule has 3 N–H and O–H groups in total. The van der Waals surface area contributed by atoms with E-state index in [9.17, 15) is 15.3 Å². The number of benzene rings is 2. The van der Waals surface area contributed by atoms with Crippen molar-refractivity contribution in [1.29, 1.82) is 0 Å². The molecule has 0 aliphatic carbocycles. The van der Waals surface area contributed by atoms with Crippen LogP contribution in [0.2, 0.25) is 5.02 Å². The molecule has 1 fully saturated rings. The number of hydrogen-bond acceptors (Lipinski definition) is 5. The zero-order chi connectivity index (χ0) is 22.1. The molecule has 6 heteroatoms. The first-order valence-corrected chi connectivity index (χ1v) is 11.5. The fourth-order valence-electron chi connectivity index (χ4n) is 4.64. The Bertz CT molecular complexity index is 913. The average Bonchev–Trinajstić information content (AvgIpc) is 3.15. The summed E-state index contributed by atoms with van der Waals surface area (Å²) in [5.74, 6) is 0.713. The van der Waals surface area contributed by atoms with Gasteiger partial charge in [-0.25, -0.2) is 0 Å². The summed E-state index contributed by atoms with van der Waals surface area (Å²) < 4.78 is 12.0. The standard InChI is InChI=1S/C25H31ClO5/c1-3-4-15-5-7-16(8-6-15)10-17-11-18(25-19(23(17)26)9-14(2)30-25)21-12-20(28)24(29)22(13-27)31-21/h5-8,11,14,20-22,24,27-29H,3-4,9-10,12-13H2,1-2H3/t14?,20?,21?,22?,24-/m0/s1. The van der Waals surface area contributed by atoms with Crippen LogP contribution in [-0.2, 0) is 24.0 Å². The molecule has 2 aromatic rings. The fraction of sp³-hybridized carbons (Fsp3) is 0.520. The van der Waals surface area contributed by atoms with Crippen LogP contribution in [0.5, 0.6) is 5.75 Å². The zero-order valence-corrected chi connectivity index (χ0v) is 18.8. The molecule has 2 aliphatic heterocycles. The third-order valence-corrected chi connectivity index (χ3v) is 6.75. The van der Waals surface area contributed by atoms with Crippen molar-refractivity contribution in [3.8, 4) is 5.75 Å². The molecule has 5 atom stereocenters. The van der Waals surface area contributed by atoms with Crippen molar-refractivity contribution in [2.45, 2.75) is 76.5 Å². The van der Waals surface area contributed by atoms with Crippen LogP contribution < -0.4 is 4.74 Å². The molecule has 31 heavy (non-hydrogen) atoms. The van der Waals surface area contributed by atoms with Crippen LogP contribution in [0.15, 0.2) is 30.3 Å². The molecule has 0 bridgehead atoms. The topological polar surface area (TPSA) is 79.2 Å². The highest BCUT2D eigenvalue weighted by atomic mass is 35.5. The van der Waals surface area contributed by atoms with Gasteiger partial charge in [0.25, 0.3) is 0 Å². The molecule has 4 unspecified atom stereocenters. The second-order valence-electron chi connectivity index (χ2n) is 8.76. The van der Waals surface area contributed by atoms with Crippen LogP contribution in [-0.4, -0.2) is 46.3 Å². The monoisotopic (exact) mass is 446 g/mol. The largest absolute Gasteiger partial charge is 0.490 e. The molecule has 0 spiro atoms. The van der Waals surface area contributed by atoms with Crippen LogP contribution in [0.25, 0.3) is 0 Å². The Labute approximate surface area is 188 Å². The van der Waals surface area contributed by atoms with E-state index in [1.54, 1.807) is 0 Å². The van der Waals surface area contributed by atoms with E-state index in [4.69, 9.17) is 21.1 Å². The highest BCUT2D eigenvalue weighted by Crippen LogP contribution is 2.46. The predicted octanol–water partition coefficient (Wildman–Crippen LogP) is 3.75. The normalized spacial score (nSPS) is 27.7. The number of ether oxygens (including phenoxy) is 2. The van der Waals surface area contributed by atoms with E-state index in [1.807, 2.05) is 13.0 Å². The molecule has 168 valence electrons. The third-order valence-electron chi connectivity index (χ3n) is 6.28. The summed E-state index contributed by atoms with van der Waals surface area (Å²) in [5.41, 5.74) is 5.28. The lowest BCUT2D eigenvalue weighted by atomic mass is 9.90. The lowest BCUT2D eigenvalue weighted by molar-refractivity contribution is -0.181. The number of halogens is 1. The molecular formula is C25H31ClO5. The summed E-state index contributed by atoms with van der Waals surface area (Å²) in [5, 5.41) is 30.7. The van der Waals surface area contributed by atoms with Crippen LogP contribution in [0.3, 0.4) is 0 Å². The molecular weight excluding hydrogens is 416 g/mol. The van der Waals surface area contributed by atoms with Gasteiger partial charge in [0.1, 0.15) is 24.1 Å². The van der Waals surface area contributed by atoms with Gasteiger partial charge in [-0.2, -0.15) is 0 Å². The molecule has 2 aromatic carbocycles. The number of aryl methyl sites for hydroxylation is 1. The van der Waals surface area contributed by atoms with E-state index < -0.39 is 24.4 Å². The van der Waals surface area contributed by atoms with Gasteiger partial charge in [-0.3, -0.25) is 0 Å². The molecule has 0 saturated carbocycles. The van der Waals surface area contributed by atoms with Gasteiger partial charge in [-0.1, -0.05) is 49.2 Å². The second-order valence-corrected chi connectivity index (χ2v) is 9.14. The molecule has 4 rings (SSSR count). The van der Waals surface area contributed by atoms with Crippen LogP contribution in [0, 0.1) is 0 Å². The van der Waals surface area contributed by atoms with Crippen molar-refractivity contribution in [1.82, 2.24) is 0 Å². The summed E-state index contributed by atoms with van der Waals surface area (Å²) in [6.07, 6.45) is 0.403. The molecule has 2 aliphatic rings. The number of aliphatic hydroxyl groups excluding tert-OH is 3. The summed E-state index contributed by atoms with van der Waals surface area (Å²) in [6, 6.07) is 10.6. The first-order chi connectivity index (χ1) is 14.9. The molecule has 2 heterocycles. The predicted molar refractivity (Wildman–Crippen MR) is 120 cm³/mol. The van der Waals surface area contributed by atoms with Gasteiger partial charge >= 0.3 is 0 Å². The fourth-order valence-corrected chi connectivity index (χ4v) is 4.93. The highest BCUT2D eigenvalue weighted by molar-refractivity contribution is 6.32. The van der Waals surface area contributed by atoms with E-state index in [2.05, 4.69) is 31.2 Å². The van der Waals surface area contributed by atoms with Crippen LogP contribution in [0.4, 0.5) is 0 Å². The molecule has 0 amide bonds. The Hall–Kier alpha value is -1.63. The van der Waals surface area contributed by atoms with Crippen LogP contribution in [0.1, 0.15) is 60.6 Å². The Morgan fingerprint density at radius 2 is 1.84 bits per heavy atom. The molecule has 1 saturated heterocycles. The van der Waals surface area contributed by atoms with E-state index in [0.717, 1.165) is 34.6 Å². The van der Waals surface area contributed by atoms with E-state index in [-0.39, 0.29) is 19.1 Å². The van der Waals surface area contributed by atoms with Gasteiger partial charge in [-0.15, -0.1) is 0 Å². The van der Waals surface area contributed by atoms with Gasteiger partial charge in [0.15, 0.2) is 0 Å². The van der Waals surface area contributed by atoms with Gasteiger partial charge < -0.3 is 24.8 Å². The van der Waals surface area contributed by atoms with Gasteiger partial charge in [-0.05, 0) is 42.5 Å². The minimum absolute atomic E-state index is 0.00238. The van der Waals surface area contributed by atoms with Crippen molar-refractivity contribution in [3.05, 3.63) is 63.2 Å². The Morgan fingerprint density at radius 3 is 2.52 bits per heavy atom. The Morgan fingerprint density at radius 1 is 1.13 bits per heavy atom. The maximum atomic E-state index is 10.3. The Balaban J connectivity index is 1.68. The van der Waals surface area contributed by atoms with E-state index in [1.165, 1.54) is 11.1 Å². The van der Waals surface area contributed by atoms with Gasteiger partial charge in [0.05, 0.1) is 23.8 Å². The molecule has 0 radical (unpaired) electrons. The first-order valence-electron chi connectivity index (χ1n) is 11.1. The summed E-state index contributed by atoms with van der Waals surface area (Å²) in [6.45, 7) is 3.81. The van der Waals surface area contributed by atoms with Crippen molar-refractivity contribution >= 4 is 11.6 Å². The van der Waals surface area contributed by atoms with Crippen molar-refractivity contribution in [2.75, 3.05) is 6.61 Å². The number of aliphatic hydroxyl groups is 3. The molecule has 5 nitrogen and oxygen atoms in total. The lowest BCUT2D eigenvalue weighted by Gasteiger charge is -2.37. The maximum Gasteiger partial charge on any atom is 0.130 e. The van der Waals surface area contributed by atoms with Crippen LogP contribution >= 0.6 is 11.6 Å². The zero-order valence-electron chi connectivity index (χ0n) is 18.1. The molecule has 0 aromatic heterocycles. The summed E-state index contributed by atoms with van der Waals surface area (Å²) >= 11 is 6.82. The minimum atomic E-state index is -1.11. The summed E-state index contributed by atoms with van der Waals surface area (Å²) in [7, 11) is 0. The third kappa shape index (κ3) is 4.62. The van der Waals surface area contributed by atoms with E-state index >= 15 is 0 Å². The van der Waals surface area contributed by atoms with Crippen molar-refractivity contribution in [3.63, 3.8) is 0 Å².